The number of aryl methyl sites for hydroxylation is 2. The summed E-state index contributed by atoms with van der Waals surface area (Å²) >= 11 is 0. The van der Waals surface area contributed by atoms with Crippen LogP contribution in [0.5, 0.6) is 0 Å². The first-order valence-electron chi connectivity index (χ1n) is 5.83. The Morgan fingerprint density at radius 3 is 2.19 bits per heavy atom. The van der Waals surface area contributed by atoms with E-state index in [2.05, 4.69) is 19.0 Å². The van der Waals surface area contributed by atoms with E-state index in [9.17, 15) is 4.79 Å². The van der Waals surface area contributed by atoms with Gasteiger partial charge in [-0.25, -0.2) is 0 Å². The standard InChI is InChI=1S/C12H20N2O2/c1-5-7-14(8-6-2)12(15)11-9(3)13-16-10(11)4/h5-8H2,1-4H3. The Hall–Kier alpha value is -1.32. The van der Waals surface area contributed by atoms with Crippen LogP contribution in [0, 0.1) is 13.8 Å². The molecule has 0 aliphatic rings. The minimum atomic E-state index is 0.0416. The van der Waals surface area contributed by atoms with Crippen molar-refractivity contribution in [3.8, 4) is 0 Å². The van der Waals surface area contributed by atoms with Gasteiger partial charge in [0.05, 0.1) is 5.69 Å². The molecule has 1 heterocycles. The lowest BCUT2D eigenvalue weighted by atomic mass is 10.1. The second-order valence-corrected chi connectivity index (χ2v) is 3.99. The van der Waals surface area contributed by atoms with E-state index < -0.39 is 0 Å². The molecule has 0 atom stereocenters. The first-order valence-corrected chi connectivity index (χ1v) is 5.83. The van der Waals surface area contributed by atoms with Crippen molar-refractivity contribution in [2.45, 2.75) is 40.5 Å². The van der Waals surface area contributed by atoms with Crippen LogP contribution >= 0.6 is 0 Å². The zero-order chi connectivity index (χ0) is 12.1. The average Bonchev–Trinajstić information content (AvgIpc) is 2.57. The van der Waals surface area contributed by atoms with Gasteiger partial charge >= 0.3 is 0 Å². The van der Waals surface area contributed by atoms with Crippen molar-refractivity contribution in [3.05, 3.63) is 17.0 Å². The summed E-state index contributed by atoms with van der Waals surface area (Å²) in [5.41, 5.74) is 1.31. The molecule has 0 saturated heterocycles. The number of hydrogen-bond acceptors (Lipinski definition) is 3. The number of hydrogen-bond donors (Lipinski definition) is 0. The smallest absolute Gasteiger partial charge is 0.259 e. The fraction of sp³-hybridized carbons (Fsp3) is 0.667. The van der Waals surface area contributed by atoms with Crippen molar-refractivity contribution in [3.63, 3.8) is 0 Å². The SMILES string of the molecule is CCCN(CCC)C(=O)c1c(C)noc1C. The Bertz CT molecular complexity index is 332. The lowest BCUT2D eigenvalue weighted by Gasteiger charge is -2.21. The molecule has 1 aromatic heterocycles. The second kappa shape index (κ2) is 5.68. The van der Waals surface area contributed by atoms with Crippen molar-refractivity contribution in [1.29, 1.82) is 0 Å². The highest BCUT2D eigenvalue weighted by Crippen LogP contribution is 2.15. The molecule has 0 fully saturated rings. The number of carbonyl (C=O) groups excluding carboxylic acids is 1. The number of nitrogens with zero attached hydrogens (tertiary/aromatic N) is 2. The van der Waals surface area contributed by atoms with E-state index >= 15 is 0 Å². The molecule has 0 aliphatic heterocycles. The quantitative estimate of drug-likeness (QED) is 0.772. The maximum absolute atomic E-state index is 12.3. The summed E-state index contributed by atoms with van der Waals surface area (Å²) in [6, 6.07) is 0. The predicted molar refractivity (Wildman–Crippen MR) is 62.5 cm³/mol. The number of amides is 1. The molecule has 0 radical (unpaired) electrons. The van der Waals surface area contributed by atoms with Gasteiger partial charge in [-0.05, 0) is 26.7 Å². The van der Waals surface area contributed by atoms with Crippen LogP contribution in [0.15, 0.2) is 4.52 Å². The molecule has 0 saturated carbocycles. The summed E-state index contributed by atoms with van der Waals surface area (Å²) in [7, 11) is 0. The van der Waals surface area contributed by atoms with Gasteiger partial charge in [0.15, 0.2) is 0 Å². The van der Waals surface area contributed by atoms with Crippen LogP contribution in [-0.4, -0.2) is 29.1 Å². The van der Waals surface area contributed by atoms with Gasteiger partial charge in [0.1, 0.15) is 11.3 Å². The van der Waals surface area contributed by atoms with Crippen LogP contribution in [-0.2, 0) is 0 Å². The first kappa shape index (κ1) is 12.7. The van der Waals surface area contributed by atoms with E-state index in [4.69, 9.17) is 4.52 Å². The summed E-state index contributed by atoms with van der Waals surface area (Å²) in [6.45, 7) is 9.31. The van der Waals surface area contributed by atoms with Crippen molar-refractivity contribution in [1.82, 2.24) is 10.1 Å². The zero-order valence-corrected chi connectivity index (χ0v) is 10.5. The normalized spacial score (nSPS) is 10.5. The zero-order valence-electron chi connectivity index (χ0n) is 10.5. The molecule has 1 amide bonds. The Balaban J connectivity index is 2.89. The molecule has 0 unspecified atom stereocenters. The molecular formula is C12H20N2O2. The van der Waals surface area contributed by atoms with Gasteiger partial charge in [-0.3, -0.25) is 4.79 Å². The molecule has 0 aromatic carbocycles. The molecule has 1 aromatic rings. The molecule has 4 heteroatoms. The minimum Gasteiger partial charge on any atom is -0.361 e. The van der Waals surface area contributed by atoms with Crippen molar-refractivity contribution in [2.24, 2.45) is 0 Å². The Kier molecular flexibility index (Phi) is 4.52. The Morgan fingerprint density at radius 1 is 1.25 bits per heavy atom. The third kappa shape index (κ3) is 2.62. The molecule has 0 N–H and O–H groups in total. The summed E-state index contributed by atoms with van der Waals surface area (Å²) in [4.78, 5) is 14.1. The summed E-state index contributed by atoms with van der Waals surface area (Å²) in [5.74, 6) is 0.652. The van der Waals surface area contributed by atoms with Gasteiger partial charge in [0, 0.05) is 13.1 Å². The summed E-state index contributed by atoms with van der Waals surface area (Å²) in [5, 5.41) is 3.82. The number of aromatic nitrogens is 1. The largest absolute Gasteiger partial charge is 0.361 e. The van der Waals surface area contributed by atoms with E-state index in [0.717, 1.165) is 25.9 Å². The highest BCUT2D eigenvalue weighted by molar-refractivity contribution is 5.96. The molecule has 4 nitrogen and oxygen atoms in total. The Labute approximate surface area is 96.6 Å². The third-order valence-corrected chi connectivity index (χ3v) is 2.52. The second-order valence-electron chi connectivity index (χ2n) is 3.99. The van der Waals surface area contributed by atoms with E-state index in [1.807, 2.05) is 4.90 Å². The summed E-state index contributed by atoms with van der Waals surface area (Å²) in [6.07, 6.45) is 1.93. The van der Waals surface area contributed by atoms with Crippen LogP contribution < -0.4 is 0 Å². The third-order valence-electron chi connectivity index (χ3n) is 2.52. The van der Waals surface area contributed by atoms with E-state index in [-0.39, 0.29) is 5.91 Å². The predicted octanol–water partition coefficient (Wildman–Crippen LogP) is 2.55. The highest BCUT2D eigenvalue weighted by atomic mass is 16.5. The van der Waals surface area contributed by atoms with Crippen LogP contribution in [0.3, 0.4) is 0 Å². The fourth-order valence-electron chi connectivity index (χ4n) is 1.80. The van der Waals surface area contributed by atoms with E-state index in [0.29, 0.717) is 17.0 Å². The van der Waals surface area contributed by atoms with Crippen LogP contribution in [0.25, 0.3) is 0 Å². The van der Waals surface area contributed by atoms with Crippen LogP contribution in [0.4, 0.5) is 0 Å². The van der Waals surface area contributed by atoms with Crippen LogP contribution in [0.2, 0.25) is 0 Å². The molecule has 0 spiro atoms. The van der Waals surface area contributed by atoms with Gasteiger partial charge in [0.2, 0.25) is 0 Å². The monoisotopic (exact) mass is 224 g/mol. The van der Waals surface area contributed by atoms with Gasteiger partial charge in [-0.2, -0.15) is 0 Å². The van der Waals surface area contributed by atoms with Gasteiger partial charge in [0.25, 0.3) is 5.91 Å². The van der Waals surface area contributed by atoms with E-state index in [1.54, 1.807) is 13.8 Å². The van der Waals surface area contributed by atoms with Gasteiger partial charge in [-0.1, -0.05) is 19.0 Å². The lowest BCUT2D eigenvalue weighted by molar-refractivity contribution is 0.0753. The highest BCUT2D eigenvalue weighted by Gasteiger charge is 2.22. The average molecular weight is 224 g/mol. The molecule has 1 rings (SSSR count). The number of rotatable bonds is 5. The van der Waals surface area contributed by atoms with Crippen LogP contribution in [0.1, 0.15) is 48.5 Å². The Morgan fingerprint density at radius 2 is 1.81 bits per heavy atom. The minimum absolute atomic E-state index is 0.0416. The molecular weight excluding hydrogens is 204 g/mol. The molecule has 90 valence electrons. The lowest BCUT2D eigenvalue weighted by Crippen LogP contribution is -2.33. The number of carbonyl (C=O) groups is 1. The van der Waals surface area contributed by atoms with Gasteiger partial charge in [-0.15, -0.1) is 0 Å². The van der Waals surface area contributed by atoms with Crippen molar-refractivity contribution < 1.29 is 9.32 Å². The van der Waals surface area contributed by atoms with E-state index in [1.165, 1.54) is 0 Å². The fourth-order valence-corrected chi connectivity index (χ4v) is 1.80. The maximum Gasteiger partial charge on any atom is 0.259 e. The topological polar surface area (TPSA) is 46.3 Å². The maximum atomic E-state index is 12.3. The van der Waals surface area contributed by atoms with Crippen molar-refractivity contribution in [2.75, 3.05) is 13.1 Å². The molecule has 0 bridgehead atoms. The first-order chi connectivity index (χ1) is 7.61. The van der Waals surface area contributed by atoms with Crippen molar-refractivity contribution >= 4 is 5.91 Å². The molecule has 16 heavy (non-hydrogen) atoms. The summed E-state index contributed by atoms with van der Waals surface area (Å²) < 4.78 is 5.03. The molecule has 0 aliphatic carbocycles. The van der Waals surface area contributed by atoms with Gasteiger partial charge < -0.3 is 9.42 Å².